The predicted molar refractivity (Wildman–Crippen MR) is 124 cm³/mol. The fraction of sp³-hybridized carbons (Fsp3) is 0.0870. The minimum Gasteiger partial charge on any atom is -0.336 e. The van der Waals surface area contributed by atoms with Crippen LogP contribution in [0.4, 0.5) is 0 Å². The van der Waals surface area contributed by atoms with Gasteiger partial charge in [-0.2, -0.15) is 10.2 Å². The Morgan fingerprint density at radius 2 is 1.94 bits per heavy atom. The molecule has 0 bridgehead atoms. The summed E-state index contributed by atoms with van der Waals surface area (Å²) in [6, 6.07) is 13.7. The first kappa shape index (κ1) is 18.6. The maximum atomic E-state index is 11.7. The highest BCUT2D eigenvalue weighted by Crippen LogP contribution is 2.35. The van der Waals surface area contributed by atoms with Crippen LogP contribution in [0.15, 0.2) is 54.9 Å². The lowest BCUT2D eigenvalue weighted by molar-refractivity contribution is 0.102. The second-order valence-electron chi connectivity index (χ2n) is 7.57. The number of benzene rings is 1. The average Bonchev–Trinajstić information content (AvgIpc) is 3.56. The largest absolute Gasteiger partial charge is 0.336 e. The molecule has 2 N–H and O–H groups in total. The first-order valence-electron chi connectivity index (χ1n) is 10.0. The average molecular weight is 440 g/mol. The van der Waals surface area contributed by atoms with Crippen LogP contribution in [0.2, 0.25) is 0 Å². The Balaban J connectivity index is 1.49. The number of hydrogen-bond acceptors (Lipinski definition) is 6. The van der Waals surface area contributed by atoms with Crippen LogP contribution < -0.4 is 0 Å². The van der Waals surface area contributed by atoms with Crippen molar-refractivity contribution in [3.05, 3.63) is 59.7 Å². The van der Waals surface area contributed by atoms with E-state index in [1.807, 2.05) is 55.7 Å². The van der Waals surface area contributed by atoms with Crippen LogP contribution in [0.3, 0.4) is 0 Å². The van der Waals surface area contributed by atoms with Crippen molar-refractivity contribution in [2.75, 3.05) is 0 Å². The number of hydrogen-bond donors (Lipinski definition) is 2. The third-order valence-electron chi connectivity index (χ3n) is 5.36. The second-order valence-corrected chi connectivity index (χ2v) is 8.66. The molecule has 0 aliphatic rings. The summed E-state index contributed by atoms with van der Waals surface area (Å²) in [6.45, 7) is 1.58. The van der Waals surface area contributed by atoms with Crippen molar-refractivity contribution in [2.45, 2.75) is 6.92 Å². The van der Waals surface area contributed by atoms with Gasteiger partial charge in [-0.3, -0.25) is 14.6 Å². The standard InChI is InChI=1S/C23H17N7OS/c1-12(31)18-8-9-19(32-18)14-4-3-5-16-20(14)27-23(26-16)22-21-17(28-29-22)7-6-15(25-21)13-10-24-30(2)11-13/h3-11H,1-2H3,(H,26,27)(H,28,29). The lowest BCUT2D eigenvalue weighted by Gasteiger charge is -1.98. The number of pyridine rings is 1. The van der Waals surface area contributed by atoms with Crippen LogP contribution in [0.25, 0.3) is 55.3 Å². The molecule has 8 nitrogen and oxygen atoms in total. The summed E-state index contributed by atoms with van der Waals surface area (Å²) < 4.78 is 1.75. The molecule has 6 rings (SSSR count). The van der Waals surface area contributed by atoms with Crippen molar-refractivity contribution in [3.8, 4) is 33.2 Å². The number of nitrogens with zero attached hydrogens (tertiary/aromatic N) is 5. The number of carbonyl (C=O) groups is 1. The van der Waals surface area contributed by atoms with Crippen molar-refractivity contribution in [1.29, 1.82) is 0 Å². The molecule has 0 spiro atoms. The van der Waals surface area contributed by atoms with E-state index in [1.54, 1.807) is 17.8 Å². The van der Waals surface area contributed by atoms with Gasteiger partial charge in [0.2, 0.25) is 0 Å². The normalized spacial score (nSPS) is 11.6. The van der Waals surface area contributed by atoms with Crippen molar-refractivity contribution < 1.29 is 4.79 Å². The molecule has 0 radical (unpaired) electrons. The summed E-state index contributed by atoms with van der Waals surface area (Å²) in [5.41, 5.74) is 6.69. The van der Waals surface area contributed by atoms with E-state index in [0.29, 0.717) is 11.5 Å². The van der Waals surface area contributed by atoms with Gasteiger partial charge in [-0.25, -0.2) is 9.97 Å². The summed E-state index contributed by atoms with van der Waals surface area (Å²) in [5.74, 6) is 0.701. The molecule has 5 aromatic heterocycles. The number of thiophene rings is 1. The number of aryl methyl sites for hydroxylation is 1. The fourth-order valence-corrected chi connectivity index (χ4v) is 4.72. The second kappa shape index (κ2) is 6.96. The zero-order chi connectivity index (χ0) is 21.8. The summed E-state index contributed by atoms with van der Waals surface area (Å²) in [7, 11) is 1.88. The minimum atomic E-state index is 0.0645. The lowest BCUT2D eigenvalue weighted by atomic mass is 10.1. The smallest absolute Gasteiger partial charge is 0.169 e. The number of carbonyl (C=O) groups excluding carboxylic acids is 1. The molecule has 0 saturated heterocycles. The van der Waals surface area contributed by atoms with E-state index >= 15 is 0 Å². The van der Waals surface area contributed by atoms with Gasteiger partial charge < -0.3 is 4.98 Å². The number of H-pyrrole nitrogens is 2. The molecule has 5 heterocycles. The molecular formula is C23H17N7OS. The number of para-hydroxylation sites is 1. The van der Waals surface area contributed by atoms with E-state index in [9.17, 15) is 4.79 Å². The van der Waals surface area contributed by atoms with Crippen LogP contribution >= 0.6 is 11.3 Å². The molecule has 0 fully saturated rings. The summed E-state index contributed by atoms with van der Waals surface area (Å²) in [6.07, 6.45) is 3.72. The highest BCUT2D eigenvalue weighted by atomic mass is 32.1. The first-order chi connectivity index (χ1) is 15.6. The molecular weight excluding hydrogens is 422 g/mol. The van der Waals surface area contributed by atoms with E-state index in [0.717, 1.165) is 48.6 Å². The molecule has 32 heavy (non-hydrogen) atoms. The highest BCUT2D eigenvalue weighted by molar-refractivity contribution is 7.17. The summed E-state index contributed by atoms with van der Waals surface area (Å²) in [4.78, 5) is 26.5. The molecule has 0 aliphatic heterocycles. The Hall–Kier alpha value is -4.11. The quantitative estimate of drug-likeness (QED) is 0.383. The van der Waals surface area contributed by atoms with Crippen LogP contribution in [0, 0.1) is 0 Å². The first-order valence-corrected chi connectivity index (χ1v) is 10.8. The van der Waals surface area contributed by atoms with Gasteiger partial charge in [-0.15, -0.1) is 11.3 Å². The molecule has 9 heteroatoms. The SMILES string of the molecule is CC(=O)c1ccc(-c2cccc3[nH]c(-c4n[nH]c5ccc(-c6cnn(C)c6)nc45)nc23)s1. The predicted octanol–water partition coefficient (Wildman–Crippen LogP) is 4.83. The molecule has 0 unspecified atom stereocenters. The van der Waals surface area contributed by atoms with Gasteiger partial charge in [-0.1, -0.05) is 12.1 Å². The molecule has 0 aliphatic carbocycles. The highest BCUT2D eigenvalue weighted by Gasteiger charge is 2.18. The molecule has 0 amide bonds. The lowest BCUT2D eigenvalue weighted by Crippen LogP contribution is -1.87. The summed E-state index contributed by atoms with van der Waals surface area (Å²) >= 11 is 1.47. The Morgan fingerprint density at radius 1 is 1.03 bits per heavy atom. The Morgan fingerprint density at radius 3 is 2.72 bits per heavy atom. The molecule has 0 saturated carbocycles. The van der Waals surface area contributed by atoms with Crippen molar-refractivity contribution in [1.82, 2.24) is 34.9 Å². The number of imidazole rings is 1. The molecule has 156 valence electrons. The zero-order valence-electron chi connectivity index (χ0n) is 17.2. The fourth-order valence-electron chi connectivity index (χ4n) is 3.79. The number of aromatic amines is 2. The molecule has 6 aromatic rings. The van der Waals surface area contributed by atoms with Crippen LogP contribution in [0.1, 0.15) is 16.6 Å². The van der Waals surface area contributed by atoms with Crippen molar-refractivity contribution in [2.24, 2.45) is 7.05 Å². The zero-order valence-corrected chi connectivity index (χ0v) is 18.1. The van der Waals surface area contributed by atoms with Gasteiger partial charge in [0.15, 0.2) is 17.3 Å². The van der Waals surface area contributed by atoms with Crippen LogP contribution in [-0.4, -0.2) is 40.7 Å². The van der Waals surface area contributed by atoms with Gasteiger partial charge in [0, 0.05) is 29.2 Å². The number of aromatic nitrogens is 7. The Labute approximate surface area is 186 Å². The number of rotatable bonds is 4. The third kappa shape index (κ3) is 2.94. The summed E-state index contributed by atoms with van der Waals surface area (Å²) in [5, 5.41) is 11.8. The van der Waals surface area contributed by atoms with Crippen molar-refractivity contribution >= 4 is 39.2 Å². The van der Waals surface area contributed by atoms with E-state index in [-0.39, 0.29) is 5.78 Å². The van der Waals surface area contributed by atoms with Gasteiger partial charge in [0.25, 0.3) is 0 Å². The Kier molecular flexibility index (Phi) is 4.05. The van der Waals surface area contributed by atoms with E-state index in [1.165, 1.54) is 11.3 Å². The van der Waals surface area contributed by atoms with Gasteiger partial charge >= 0.3 is 0 Å². The molecule has 0 atom stereocenters. The van der Waals surface area contributed by atoms with Gasteiger partial charge in [0.1, 0.15) is 5.52 Å². The van der Waals surface area contributed by atoms with E-state index in [4.69, 9.17) is 9.97 Å². The van der Waals surface area contributed by atoms with Crippen molar-refractivity contribution in [3.63, 3.8) is 0 Å². The van der Waals surface area contributed by atoms with Gasteiger partial charge in [0.05, 0.1) is 33.3 Å². The number of nitrogens with one attached hydrogen (secondary N) is 2. The third-order valence-corrected chi connectivity index (χ3v) is 6.58. The van der Waals surface area contributed by atoms with E-state index in [2.05, 4.69) is 20.3 Å². The number of fused-ring (bicyclic) bond motifs is 2. The number of Topliss-reactive ketones (excluding diaryl/α,β-unsaturated/α-hetero) is 1. The van der Waals surface area contributed by atoms with Gasteiger partial charge in [-0.05, 0) is 37.3 Å². The topological polar surface area (TPSA) is 105 Å². The molecule has 1 aromatic carbocycles. The van der Waals surface area contributed by atoms with Crippen LogP contribution in [0.5, 0.6) is 0 Å². The maximum absolute atomic E-state index is 11.7. The Bertz CT molecular complexity index is 1630. The van der Waals surface area contributed by atoms with E-state index < -0.39 is 0 Å². The van der Waals surface area contributed by atoms with Crippen LogP contribution in [-0.2, 0) is 7.05 Å². The monoisotopic (exact) mass is 439 g/mol. The number of ketones is 1. The minimum absolute atomic E-state index is 0.0645. The maximum Gasteiger partial charge on any atom is 0.169 e.